The topological polar surface area (TPSA) is 66.4 Å². The van der Waals surface area contributed by atoms with Gasteiger partial charge >= 0.3 is 5.97 Å². The van der Waals surface area contributed by atoms with E-state index in [0.29, 0.717) is 0 Å². The third-order valence-electron chi connectivity index (χ3n) is 2.69. The van der Waals surface area contributed by atoms with Crippen LogP contribution in [0, 0.1) is 11.8 Å². The summed E-state index contributed by atoms with van der Waals surface area (Å²) in [7, 11) is 0. The first-order valence-electron chi connectivity index (χ1n) is 4.58. The van der Waals surface area contributed by atoms with Gasteiger partial charge in [-0.05, 0) is 12.5 Å². The van der Waals surface area contributed by atoms with Gasteiger partial charge in [0, 0.05) is 11.6 Å². The standard InChI is InChI=1S/C10H11NO3/c12-9(13)5-7-6-3-1-2-4-8(6)11-10(7)14/h1-2,4,6-7H,3,5H2,(H,11,14)(H,12,13). The normalized spacial score (nSPS) is 29.4. The highest BCUT2D eigenvalue weighted by Crippen LogP contribution is 2.34. The second-order valence-corrected chi connectivity index (χ2v) is 3.59. The number of hydrogen-bond donors (Lipinski definition) is 2. The van der Waals surface area contributed by atoms with E-state index in [2.05, 4.69) is 5.32 Å². The molecule has 1 amide bonds. The number of fused-ring (bicyclic) bond motifs is 1. The second kappa shape index (κ2) is 3.29. The molecule has 0 aromatic carbocycles. The van der Waals surface area contributed by atoms with Crippen LogP contribution in [0.3, 0.4) is 0 Å². The lowest BCUT2D eigenvalue weighted by Crippen LogP contribution is -2.22. The third kappa shape index (κ3) is 1.43. The number of carboxylic acid groups (broad SMARTS) is 1. The zero-order chi connectivity index (χ0) is 10.1. The maximum absolute atomic E-state index is 11.4. The Morgan fingerprint density at radius 2 is 2.43 bits per heavy atom. The Hall–Kier alpha value is -1.58. The quantitative estimate of drug-likeness (QED) is 0.677. The smallest absolute Gasteiger partial charge is 0.304 e. The number of rotatable bonds is 2. The molecule has 4 heteroatoms. The summed E-state index contributed by atoms with van der Waals surface area (Å²) < 4.78 is 0. The van der Waals surface area contributed by atoms with Gasteiger partial charge < -0.3 is 10.4 Å². The first-order chi connectivity index (χ1) is 6.68. The molecule has 2 atom stereocenters. The zero-order valence-corrected chi connectivity index (χ0v) is 7.56. The summed E-state index contributed by atoms with van der Waals surface area (Å²) in [6.45, 7) is 0. The van der Waals surface area contributed by atoms with Crippen molar-refractivity contribution in [2.75, 3.05) is 0 Å². The van der Waals surface area contributed by atoms with Crippen molar-refractivity contribution in [2.45, 2.75) is 12.8 Å². The van der Waals surface area contributed by atoms with Crippen LogP contribution in [0.4, 0.5) is 0 Å². The van der Waals surface area contributed by atoms with E-state index in [-0.39, 0.29) is 18.2 Å². The van der Waals surface area contributed by atoms with Gasteiger partial charge in [-0.3, -0.25) is 9.59 Å². The molecule has 2 N–H and O–H groups in total. The predicted molar refractivity (Wildman–Crippen MR) is 49.2 cm³/mol. The Kier molecular flexibility index (Phi) is 2.11. The molecule has 0 bridgehead atoms. The van der Waals surface area contributed by atoms with E-state index >= 15 is 0 Å². The number of aliphatic carboxylic acids is 1. The van der Waals surface area contributed by atoms with E-state index in [1.54, 1.807) is 0 Å². The summed E-state index contributed by atoms with van der Waals surface area (Å²) in [6, 6.07) is 0. The van der Waals surface area contributed by atoms with Gasteiger partial charge in [-0.1, -0.05) is 12.2 Å². The van der Waals surface area contributed by atoms with E-state index in [0.717, 1.165) is 12.1 Å². The lowest BCUT2D eigenvalue weighted by Gasteiger charge is -2.15. The molecule has 2 unspecified atom stereocenters. The Labute approximate surface area is 81.3 Å². The molecule has 0 saturated carbocycles. The van der Waals surface area contributed by atoms with Crippen LogP contribution in [0.25, 0.3) is 0 Å². The van der Waals surface area contributed by atoms with Crippen molar-refractivity contribution in [3.63, 3.8) is 0 Å². The van der Waals surface area contributed by atoms with Crippen LogP contribution in [-0.2, 0) is 9.59 Å². The van der Waals surface area contributed by atoms with Crippen LogP contribution in [0.5, 0.6) is 0 Å². The molecule has 1 aliphatic carbocycles. The molecule has 0 aromatic rings. The van der Waals surface area contributed by atoms with E-state index in [9.17, 15) is 9.59 Å². The fraction of sp³-hybridized carbons (Fsp3) is 0.400. The predicted octanol–water partition coefficient (Wildman–Crippen LogP) is 0.667. The van der Waals surface area contributed by atoms with Crippen molar-refractivity contribution < 1.29 is 14.7 Å². The zero-order valence-electron chi connectivity index (χ0n) is 7.56. The molecular weight excluding hydrogens is 182 g/mol. The van der Waals surface area contributed by atoms with Crippen molar-refractivity contribution in [3.05, 3.63) is 23.9 Å². The molecule has 74 valence electrons. The molecule has 0 spiro atoms. The van der Waals surface area contributed by atoms with Crippen LogP contribution < -0.4 is 5.32 Å². The van der Waals surface area contributed by atoms with E-state index < -0.39 is 11.9 Å². The first-order valence-corrected chi connectivity index (χ1v) is 4.58. The van der Waals surface area contributed by atoms with Gasteiger partial charge in [-0.2, -0.15) is 0 Å². The molecule has 2 rings (SSSR count). The molecule has 14 heavy (non-hydrogen) atoms. The second-order valence-electron chi connectivity index (χ2n) is 3.59. The average molecular weight is 193 g/mol. The van der Waals surface area contributed by atoms with Gasteiger partial charge in [0.05, 0.1) is 12.3 Å². The summed E-state index contributed by atoms with van der Waals surface area (Å²) in [5, 5.41) is 11.4. The highest BCUT2D eigenvalue weighted by atomic mass is 16.4. The molecule has 1 heterocycles. The monoisotopic (exact) mass is 193 g/mol. The molecule has 1 saturated heterocycles. The Morgan fingerprint density at radius 3 is 3.14 bits per heavy atom. The fourth-order valence-corrected chi connectivity index (χ4v) is 2.00. The van der Waals surface area contributed by atoms with Gasteiger partial charge in [-0.15, -0.1) is 0 Å². The minimum absolute atomic E-state index is 0.0450. The number of carbonyl (C=O) groups is 2. The van der Waals surface area contributed by atoms with Gasteiger partial charge in [0.25, 0.3) is 0 Å². The Morgan fingerprint density at radius 1 is 1.64 bits per heavy atom. The molecule has 0 aromatic heterocycles. The molecule has 2 aliphatic rings. The SMILES string of the molecule is O=C(O)CC1C(=O)NC2=CC=CCC21. The fourth-order valence-electron chi connectivity index (χ4n) is 2.00. The summed E-state index contributed by atoms with van der Waals surface area (Å²) in [6.07, 6.45) is 6.36. The van der Waals surface area contributed by atoms with Crippen LogP contribution in [0.2, 0.25) is 0 Å². The number of carboxylic acids is 1. The minimum Gasteiger partial charge on any atom is -0.481 e. The van der Waals surface area contributed by atoms with Crippen molar-refractivity contribution in [2.24, 2.45) is 11.8 Å². The van der Waals surface area contributed by atoms with Crippen LogP contribution in [-0.4, -0.2) is 17.0 Å². The lowest BCUT2D eigenvalue weighted by molar-refractivity contribution is -0.140. The van der Waals surface area contributed by atoms with Gasteiger partial charge in [0.1, 0.15) is 0 Å². The molecular formula is C10H11NO3. The van der Waals surface area contributed by atoms with Gasteiger partial charge in [0.15, 0.2) is 0 Å². The summed E-state index contributed by atoms with van der Waals surface area (Å²) in [5.41, 5.74) is 0.865. The first kappa shape index (κ1) is 8.99. The number of allylic oxidation sites excluding steroid dienone is 4. The van der Waals surface area contributed by atoms with E-state index in [1.807, 2.05) is 18.2 Å². The lowest BCUT2D eigenvalue weighted by atomic mass is 9.86. The number of carbonyl (C=O) groups excluding carboxylic acids is 1. The maximum Gasteiger partial charge on any atom is 0.304 e. The molecule has 1 fully saturated rings. The largest absolute Gasteiger partial charge is 0.481 e. The van der Waals surface area contributed by atoms with Crippen molar-refractivity contribution >= 4 is 11.9 Å². The number of nitrogens with one attached hydrogen (secondary N) is 1. The summed E-state index contributed by atoms with van der Waals surface area (Å²) >= 11 is 0. The van der Waals surface area contributed by atoms with Crippen molar-refractivity contribution in [3.8, 4) is 0 Å². The molecule has 1 aliphatic heterocycles. The maximum atomic E-state index is 11.4. The van der Waals surface area contributed by atoms with Gasteiger partial charge in [0.2, 0.25) is 5.91 Å². The van der Waals surface area contributed by atoms with Crippen LogP contribution in [0.15, 0.2) is 23.9 Å². The molecule has 0 radical (unpaired) electrons. The number of amides is 1. The summed E-state index contributed by atoms with van der Waals surface area (Å²) in [4.78, 5) is 22.0. The summed E-state index contributed by atoms with van der Waals surface area (Å²) in [5.74, 6) is -1.43. The molecule has 4 nitrogen and oxygen atoms in total. The van der Waals surface area contributed by atoms with Crippen LogP contribution >= 0.6 is 0 Å². The van der Waals surface area contributed by atoms with Crippen molar-refractivity contribution in [1.82, 2.24) is 5.32 Å². The van der Waals surface area contributed by atoms with Crippen molar-refractivity contribution in [1.29, 1.82) is 0 Å². The Balaban J connectivity index is 2.18. The number of hydrogen-bond acceptors (Lipinski definition) is 2. The average Bonchev–Trinajstić information content (AvgIpc) is 2.43. The third-order valence-corrected chi connectivity index (χ3v) is 2.69. The van der Waals surface area contributed by atoms with Gasteiger partial charge in [-0.25, -0.2) is 0 Å². The van der Waals surface area contributed by atoms with Crippen LogP contribution in [0.1, 0.15) is 12.8 Å². The Bertz CT molecular complexity index is 343. The highest BCUT2D eigenvalue weighted by Gasteiger charge is 2.39. The van der Waals surface area contributed by atoms with E-state index in [4.69, 9.17) is 5.11 Å². The van der Waals surface area contributed by atoms with E-state index in [1.165, 1.54) is 0 Å². The minimum atomic E-state index is -0.916. The highest BCUT2D eigenvalue weighted by molar-refractivity contribution is 5.88.